The number of hydrogen-bond donors (Lipinski definition) is 2. The number of amides is 1. The van der Waals surface area contributed by atoms with Crippen LogP contribution in [0.3, 0.4) is 0 Å². The highest BCUT2D eigenvalue weighted by Crippen LogP contribution is 2.17. The van der Waals surface area contributed by atoms with E-state index in [0.29, 0.717) is 10.6 Å². The summed E-state index contributed by atoms with van der Waals surface area (Å²) in [6.45, 7) is 1.80. The van der Waals surface area contributed by atoms with Crippen molar-refractivity contribution in [3.8, 4) is 0 Å². The van der Waals surface area contributed by atoms with Gasteiger partial charge in [0, 0.05) is 16.8 Å². The molecular formula is C14H11ClN2O3. The van der Waals surface area contributed by atoms with E-state index in [4.69, 9.17) is 16.7 Å². The summed E-state index contributed by atoms with van der Waals surface area (Å²) in [5, 5.41) is 11.9. The smallest absolute Gasteiger partial charge is 0.337 e. The normalized spacial score (nSPS) is 10.1. The molecule has 1 amide bonds. The van der Waals surface area contributed by atoms with E-state index in [1.807, 2.05) is 0 Å². The molecule has 0 aliphatic rings. The highest BCUT2D eigenvalue weighted by atomic mass is 35.5. The van der Waals surface area contributed by atoms with Crippen molar-refractivity contribution in [1.29, 1.82) is 0 Å². The zero-order valence-corrected chi connectivity index (χ0v) is 11.3. The standard InChI is InChI=1S/C14H11ClN2O3/c1-8-6-9(2-4-11(8)15)13(18)17-12-5-3-10(7-16-12)14(19)20/h2-7H,1H3,(H,19,20)(H,16,17,18). The maximum atomic E-state index is 12.0. The van der Waals surface area contributed by atoms with Crippen molar-refractivity contribution in [3.63, 3.8) is 0 Å². The second-order valence-corrected chi connectivity index (χ2v) is 4.56. The topological polar surface area (TPSA) is 79.3 Å². The Kier molecular flexibility index (Phi) is 4.00. The number of carbonyl (C=O) groups is 2. The van der Waals surface area contributed by atoms with Crippen LogP contribution in [0.15, 0.2) is 36.5 Å². The lowest BCUT2D eigenvalue weighted by Crippen LogP contribution is -2.13. The molecule has 0 saturated carbocycles. The number of aromatic carboxylic acids is 1. The van der Waals surface area contributed by atoms with E-state index in [9.17, 15) is 9.59 Å². The molecule has 0 unspecified atom stereocenters. The van der Waals surface area contributed by atoms with Crippen molar-refractivity contribution in [2.75, 3.05) is 5.32 Å². The second kappa shape index (κ2) is 5.71. The van der Waals surface area contributed by atoms with E-state index < -0.39 is 5.97 Å². The second-order valence-electron chi connectivity index (χ2n) is 4.16. The molecule has 1 aromatic carbocycles. The first-order chi connectivity index (χ1) is 9.47. The Hall–Kier alpha value is -2.40. The zero-order valence-electron chi connectivity index (χ0n) is 10.6. The van der Waals surface area contributed by atoms with E-state index in [1.165, 1.54) is 18.3 Å². The summed E-state index contributed by atoms with van der Waals surface area (Å²) >= 11 is 5.89. The maximum Gasteiger partial charge on any atom is 0.337 e. The number of nitrogens with zero attached hydrogens (tertiary/aromatic N) is 1. The molecule has 0 aliphatic carbocycles. The summed E-state index contributed by atoms with van der Waals surface area (Å²) in [5.41, 5.74) is 1.31. The molecular weight excluding hydrogens is 280 g/mol. The fourth-order valence-corrected chi connectivity index (χ4v) is 1.69. The fraction of sp³-hybridized carbons (Fsp3) is 0.0714. The molecule has 1 aromatic heterocycles. The predicted molar refractivity (Wildman–Crippen MR) is 75.3 cm³/mol. The van der Waals surface area contributed by atoms with Crippen LogP contribution in [-0.4, -0.2) is 22.0 Å². The van der Waals surface area contributed by atoms with Crippen LogP contribution in [0, 0.1) is 6.92 Å². The van der Waals surface area contributed by atoms with Gasteiger partial charge in [-0.25, -0.2) is 9.78 Å². The van der Waals surface area contributed by atoms with Crippen molar-refractivity contribution in [3.05, 3.63) is 58.2 Å². The van der Waals surface area contributed by atoms with Crippen LogP contribution < -0.4 is 5.32 Å². The number of carbonyl (C=O) groups excluding carboxylic acids is 1. The van der Waals surface area contributed by atoms with Gasteiger partial charge in [-0.3, -0.25) is 4.79 Å². The first kappa shape index (κ1) is 14.0. The average molecular weight is 291 g/mol. The number of carboxylic acids is 1. The third-order valence-corrected chi connectivity index (χ3v) is 3.10. The number of nitrogens with one attached hydrogen (secondary N) is 1. The molecule has 2 N–H and O–H groups in total. The molecule has 20 heavy (non-hydrogen) atoms. The SMILES string of the molecule is Cc1cc(C(=O)Nc2ccc(C(=O)O)cn2)ccc1Cl. The first-order valence-electron chi connectivity index (χ1n) is 5.74. The lowest BCUT2D eigenvalue weighted by Gasteiger charge is -2.06. The first-order valence-corrected chi connectivity index (χ1v) is 6.12. The summed E-state index contributed by atoms with van der Waals surface area (Å²) in [4.78, 5) is 26.5. The van der Waals surface area contributed by atoms with Gasteiger partial charge >= 0.3 is 5.97 Å². The number of rotatable bonds is 3. The Morgan fingerprint density at radius 2 is 1.90 bits per heavy atom. The molecule has 0 spiro atoms. The molecule has 102 valence electrons. The van der Waals surface area contributed by atoms with Crippen molar-refractivity contribution < 1.29 is 14.7 Å². The van der Waals surface area contributed by atoms with E-state index in [1.54, 1.807) is 25.1 Å². The van der Waals surface area contributed by atoms with Crippen molar-refractivity contribution in [2.45, 2.75) is 6.92 Å². The molecule has 2 rings (SSSR count). The summed E-state index contributed by atoms with van der Waals surface area (Å²) in [7, 11) is 0. The third-order valence-electron chi connectivity index (χ3n) is 2.67. The van der Waals surface area contributed by atoms with Crippen LogP contribution in [0.25, 0.3) is 0 Å². The average Bonchev–Trinajstić information content (AvgIpc) is 2.42. The van der Waals surface area contributed by atoms with Gasteiger partial charge in [0.2, 0.25) is 0 Å². The Balaban J connectivity index is 2.14. The van der Waals surface area contributed by atoms with E-state index in [0.717, 1.165) is 5.56 Å². The van der Waals surface area contributed by atoms with E-state index in [-0.39, 0.29) is 17.3 Å². The molecule has 0 fully saturated rings. The molecule has 5 nitrogen and oxygen atoms in total. The van der Waals surface area contributed by atoms with E-state index >= 15 is 0 Å². The van der Waals surface area contributed by atoms with Crippen LogP contribution in [0.5, 0.6) is 0 Å². The van der Waals surface area contributed by atoms with Gasteiger partial charge in [0.15, 0.2) is 0 Å². The monoisotopic (exact) mass is 290 g/mol. The van der Waals surface area contributed by atoms with Gasteiger partial charge in [-0.05, 0) is 42.8 Å². The summed E-state index contributed by atoms with van der Waals surface area (Å²) in [5.74, 6) is -1.11. The largest absolute Gasteiger partial charge is 0.478 e. The number of benzene rings is 1. The minimum absolute atomic E-state index is 0.0605. The van der Waals surface area contributed by atoms with Gasteiger partial charge in [-0.15, -0.1) is 0 Å². The molecule has 0 saturated heterocycles. The number of pyridine rings is 1. The van der Waals surface area contributed by atoms with Gasteiger partial charge in [0.1, 0.15) is 5.82 Å². The lowest BCUT2D eigenvalue weighted by molar-refractivity contribution is 0.0696. The zero-order chi connectivity index (χ0) is 14.7. The maximum absolute atomic E-state index is 12.0. The van der Waals surface area contributed by atoms with Crippen LogP contribution in [0.2, 0.25) is 5.02 Å². The van der Waals surface area contributed by atoms with Crippen molar-refractivity contribution in [2.24, 2.45) is 0 Å². The van der Waals surface area contributed by atoms with E-state index in [2.05, 4.69) is 10.3 Å². The number of carboxylic acid groups (broad SMARTS) is 1. The summed E-state index contributed by atoms with van der Waals surface area (Å²) < 4.78 is 0. The molecule has 0 aliphatic heterocycles. The number of halogens is 1. The van der Waals surface area contributed by atoms with Crippen LogP contribution >= 0.6 is 11.6 Å². The van der Waals surface area contributed by atoms with Crippen LogP contribution in [-0.2, 0) is 0 Å². The van der Waals surface area contributed by atoms with Gasteiger partial charge in [-0.1, -0.05) is 11.6 Å². The van der Waals surface area contributed by atoms with Gasteiger partial charge in [0.25, 0.3) is 5.91 Å². The summed E-state index contributed by atoms with van der Waals surface area (Å²) in [6, 6.07) is 7.73. The highest BCUT2D eigenvalue weighted by molar-refractivity contribution is 6.31. The Morgan fingerprint density at radius 1 is 1.20 bits per heavy atom. The minimum Gasteiger partial charge on any atom is -0.478 e. The third kappa shape index (κ3) is 3.13. The predicted octanol–water partition coefficient (Wildman–Crippen LogP) is 2.99. The van der Waals surface area contributed by atoms with Gasteiger partial charge in [-0.2, -0.15) is 0 Å². The highest BCUT2D eigenvalue weighted by Gasteiger charge is 2.09. The van der Waals surface area contributed by atoms with Crippen LogP contribution in [0.4, 0.5) is 5.82 Å². The minimum atomic E-state index is -1.07. The van der Waals surface area contributed by atoms with Crippen molar-refractivity contribution >= 4 is 29.3 Å². The molecule has 0 atom stereocenters. The molecule has 6 heteroatoms. The number of hydrogen-bond acceptors (Lipinski definition) is 3. The lowest BCUT2D eigenvalue weighted by atomic mass is 10.1. The molecule has 0 radical (unpaired) electrons. The van der Waals surface area contributed by atoms with Crippen molar-refractivity contribution in [1.82, 2.24) is 4.98 Å². The number of aromatic nitrogens is 1. The number of anilines is 1. The Labute approximate surface area is 120 Å². The Bertz CT molecular complexity index is 669. The van der Waals surface area contributed by atoms with Gasteiger partial charge < -0.3 is 10.4 Å². The summed E-state index contributed by atoms with van der Waals surface area (Å²) in [6.07, 6.45) is 1.19. The number of aryl methyl sites for hydroxylation is 1. The molecule has 1 heterocycles. The molecule has 2 aromatic rings. The fourth-order valence-electron chi connectivity index (χ4n) is 1.57. The van der Waals surface area contributed by atoms with Gasteiger partial charge in [0.05, 0.1) is 5.56 Å². The Morgan fingerprint density at radius 3 is 2.45 bits per heavy atom. The quantitative estimate of drug-likeness (QED) is 0.911. The molecule has 0 bridgehead atoms. The van der Waals surface area contributed by atoms with Crippen LogP contribution in [0.1, 0.15) is 26.3 Å².